The van der Waals surface area contributed by atoms with E-state index in [1.807, 2.05) is 42.5 Å². The minimum absolute atomic E-state index is 0.255. The van der Waals surface area contributed by atoms with Crippen LogP contribution in [0.25, 0.3) is 10.8 Å². The summed E-state index contributed by atoms with van der Waals surface area (Å²) >= 11 is 0. The number of amides is 3. The van der Waals surface area contributed by atoms with Gasteiger partial charge in [-0.05, 0) is 36.6 Å². The summed E-state index contributed by atoms with van der Waals surface area (Å²) in [5.41, 5.74) is 1.87. The van der Waals surface area contributed by atoms with Crippen molar-refractivity contribution in [2.45, 2.75) is 13.0 Å². The lowest BCUT2D eigenvalue weighted by Gasteiger charge is -2.13. The molecule has 0 saturated carbocycles. The van der Waals surface area contributed by atoms with Crippen molar-refractivity contribution >= 4 is 39.8 Å². The lowest BCUT2D eigenvalue weighted by Crippen LogP contribution is -2.26. The highest BCUT2D eigenvalue weighted by molar-refractivity contribution is 6.06. The van der Waals surface area contributed by atoms with E-state index in [0.29, 0.717) is 11.4 Å². The van der Waals surface area contributed by atoms with Crippen molar-refractivity contribution in [2.75, 3.05) is 23.1 Å². The maximum atomic E-state index is 12.4. The molecule has 1 unspecified atom stereocenters. The van der Waals surface area contributed by atoms with Gasteiger partial charge in [0.15, 0.2) is 0 Å². The van der Waals surface area contributed by atoms with Gasteiger partial charge >= 0.3 is 6.03 Å². The van der Waals surface area contributed by atoms with Crippen molar-refractivity contribution in [3.63, 3.8) is 0 Å². The first-order valence-electron chi connectivity index (χ1n) is 8.56. The van der Waals surface area contributed by atoms with E-state index in [2.05, 4.69) is 16.0 Å². The first-order valence-corrected chi connectivity index (χ1v) is 8.56. The number of nitrogens with one attached hydrogen (secondary N) is 3. The number of fused-ring (bicyclic) bond motifs is 1. The number of carbonyl (C=O) groups is 2. The number of benzene rings is 3. The molecule has 6 nitrogen and oxygen atoms in total. The fraction of sp³-hybridized carbons (Fsp3) is 0.143. The summed E-state index contributed by atoms with van der Waals surface area (Å²) in [7, 11) is 1.47. The normalized spacial score (nSPS) is 11.6. The monoisotopic (exact) mass is 363 g/mol. The van der Waals surface area contributed by atoms with Gasteiger partial charge < -0.3 is 20.7 Å². The fourth-order valence-corrected chi connectivity index (χ4v) is 2.64. The number of carbonyl (C=O) groups excluding carboxylic acids is 2. The molecule has 1 atom stereocenters. The average Bonchev–Trinajstić information content (AvgIpc) is 2.67. The number of anilines is 3. The van der Waals surface area contributed by atoms with E-state index in [1.165, 1.54) is 7.11 Å². The standard InChI is InChI=1S/C21H21N3O3/c1-14(27-2)20(25)22-16-9-6-10-17(13-16)23-21(26)24-19-12-5-8-15-7-3-4-11-18(15)19/h3-14H,1-2H3,(H,22,25)(H2,23,24,26). The van der Waals surface area contributed by atoms with Crippen LogP contribution in [-0.4, -0.2) is 25.2 Å². The molecule has 3 aromatic rings. The van der Waals surface area contributed by atoms with Crippen molar-refractivity contribution in [2.24, 2.45) is 0 Å². The Kier molecular flexibility index (Phi) is 5.68. The van der Waals surface area contributed by atoms with Crippen molar-refractivity contribution in [1.29, 1.82) is 0 Å². The van der Waals surface area contributed by atoms with Crippen molar-refractivity contribution in [3.05, 3.63) is 66.7 Å². The Hall–Kier alpha value is -3.38. The predicted molar refractivity (Wildman–Crippen MR) is 108 cm³/mol. The van der Waals surface area contributed by atoms with Gasteiger partial charge in [-0.2, -0.15) is 0 Å². The molecule has 0 aliphatic rings. The maximum absolute atomic E-state index is 12.4. The zero-order valence-corrected chi connectivity index (χ0v) is 15.2. The quantitative estimate of drug-likeness (QED) is 0.626. The molecule has 0 aliphatic heterocycles. The highest BCUT2D eigenvalue weighted by atomic mass is 16.5. The second-order valence-electron chi connectivity index (χ2n) is 6.05. The molecule has 0 fully saturated rings. The summed E-state index contributed by atoms with van der Waals surface area (Å²) in [6.45, 7) is 1.66. The van der Waals surface area contributed by atoms with E-state index >= 15 is 0 Å². The van der Waals surface area contributed by atoms with Gasteiger partial charge in [-0.15, -0.1) is 0 Å². The van der Waals surface area contributed by atoms with Crippen LogP contribution in [0, 0.1) is 0 Å². The Labute approximate surface area is 157 Å². The first kappa shape index (κ1) is 18.4. The Morgan fingerprint density at radius 3 is 2.30 bits per heavy atom. The van der Waals surface area contributed by atoms with Crippen LogP contribution in [-0.2, 0) is 9.53 Å². The first-order chi connectivity index (χ1) is 13.1. The molecule has 27 heavy (non-hydrogen) atoms. The highest BCUT2D eigenvalue weighted by Gasteiger charge is 2.12. The fourth-order valence-electron chi connectivity index (χ4n) is 2.64. The Balaban J connectivity index is 1.69. The smallest absolute Gasteiger partial charge is 0.323 e. The number of methoxy groups -OCH3 is 1. The molecule has 0 radical (unpaired) electrons. The molecule has 0 bridgehead atoms. The Morgan fingerprint density at radius 2 is 1.52 bits per heavy atom. The number of urea groups is 1. The summed E-state index contributed by atoms with van der Waals surface area (Å²) in [6.07, 6.45) is -0.559. The van der Waals surface area contributed by atoms with Gasteiger partial charge in [-0.25, -0.2) is 4.79 Å². The van der Waals surface area contributed by atoms with Gasteiger partial charge in [-0.3, -0.25) is 4.79 Å². The van der Waals surface area contributed by atoms with Gasteiger partial charge in [0, 0.05) is 23.9 Å². The largest absolute Gasteiger partial charge is 0.372 e. The Bertz CT molecular complexity index is 966. The minimum Gasteiger partial charge on any atom is -0.372 e. The van der Waals surface area contributed by atoms with E-state index in [-0.39, 0.29) is 11.9 Å². The predicted octanol–water partition coefficient (Wildman–Crippen LogP) is 4.46. The maximum Gasteiger partial charge on any atom is 0.323 e. The number of rotatable bonds is 5. The summed E-state index contributed by atoms with van der Waals surface area (Å²) < 4.78 is 4.99. The zero-order valence-electron chi connectivity index (χ0n) is 15.2. The molecule has 0 heterocycles. The molecule has 3 N–H and O–H groups in total. The molecule has 0 saturated heterocycles. The molecule has 6 heteroatoms. The molecular weight excluding hydrogens is 342 g/mol. The topological polar surface area (TPSA) is 79.5 Å². The van der Waals surface area contributed by atoms with Crippen LogP contribution in [0.15, 0.2) is 66.7 Å². The Morgan fingerprint density at radius 1 is 0.852 bits per heavy atom. The van der Waals surface area contributed by atoms with E-state index < -0.39 is 6.10 Å². The van der Waals surface area contributed by atoms with E-state index in [1.54, 1.807) is 31.2 Å². The van der Waals surface area contributed by atoms with Crippen LogP contribution in [0.2, 0.25) is 0 Å². The minimum atomic E-state index is -0.559. The molecule has 0 aliphatic carbocycles. The van der Waals surface area contributed by atoms with Crippen LogP contribution in [0.1, 0.15) is 6.92 Å². The lowest BCUT2D eigenvalue weighted by atomic mass is 10.1. The van der Waals surface area contributed by atoms with Gasteiger partial charge in [-0.1, -0.05) is 42.5 Å². The van der Waals surface area contributed by atoms with E-state index in [0.717, 1.165) is 16.5 Å². The third-order valence-electron chi connectivity index (χ3n) is 4.15. The van der Waals surface area contributed by atoms with Crippen LogP contribution >= 0.6 is 0 Å². The highest BCUT2D eigenvalue weighted by Crippen LogP contribution is 2.23. The second kappa shape index (κ2) is 8.33. The summed E-state index contributed by atoms with van der Waals surface area (Å²) in [4.78, 5) is 24.3. The van der Waals surface area contributed by atoms with Gasteiger partial charge in [0.2, 0.25) is 0 Å². The SMILES string of the molecule is COC(C)C(=O)Nc1cccc(NC(=O)Nc2cccc3ccccc23)c1. The van der Waals surface area contributed by atoms with Crippen LogP contribution in [0.4, 0.5) is 21.9 Å². The molecule has 3 rings (SSSR count). The molecule has 0 aromatic heterocycles. The lowest BCUT2D eigenvalue weighted by molar-refractivity contribution is -0.124. The molecule has 3 aromatic carbocycles. The number of hydrogen-bond donors (Lipinski definition) is 3. The molecule has 0 spiro atoms. The van der Waals surface area contributed by atoms with Crippen LogP contribution in [0.3, 0.4) is 0 Å². The molecule has 3 amide bonds. The van der Waals surface area contributed by atoms with E-state index in [9.17, 15) is 9.59 Å². The third kappa shape index (κ3) is 4.62. The third-order valence-corrected chi connectivity index (χ3v) is 4.15. The van der Waals surface area contributed by atoms with Crippen LogP contribution in [0.5, 0.6) is 0 Å². The zero-order chi connectivity index (χ0) is 19.2. The summed E-state index contributed by atoms with van der Waals surface area (Å²) in [6, 6.07) is 20.1. The summed E-state index contributed by atoms with van der Waals surface area (Å²) in [5, 5.41) is 10.4. The summed E-state index contributed by atoms with van der Waals surface area (Å²) in [5.74, 6) is -0.255. The number of ether oxygens (including phenoxy) is 1. The van der Waals surface area contributed by atoms with Crippen LogP contribution < -0.4 is 16.0 Å². The van der Waals surface area contributed by atoms with Gasteiger partial charge in [0.1, 0.15) is 6.10 Å². The number of hydrogen-bond acceptors (Lipinski definition) is 3. The van der Waals surface area contributed by atoms with Gasteiger partial charge in [0.25, 0.3) is 5.91 Å². The van der Waals surface area contributed by atoms with Crippen molar-refractivity contribution in [1.82, 2.24) is 0 Å². The van der Waals surface area contributed by atoms with Crippen molar-refractivity contribution in [3.8, 4) is 0 Å². The van der Waals surface area contributed by atoms with Crippen molar-refractivity contribution < 1.29 is 14.3 Å². The van der Waals surface area contributed by atoms with E-state index in [4.69, 9.17) is 4.74 Å². The van der Waals surface area contributed by atoms with Gasteiger partial charge in [0.05, 0.1) is 5.69 Å². The second-order valence-corrected chi connectivity index (χ2v) is 6.05. The molecule has 138 valence electrons. The molecular formula is C21H21N3O3. The average molecular weight is 363 g/mol.